The number of carboxylic acid groups (broad SMARTS) is 1. The lowest BCUT2D eigenvalue weighted by Gasteiger charge is -2.10. The topological polar surface area (TPSA) is 108 Å². The molecule has 25 heavy (non-hydrogen) atoms. The molecule has 0 spiro atoms. The number of hydrogen-bond acceptors (Lipinski definition) is 4. The van der Waals surface area contributed by atoms with Crippen LogP contribution >= 0.6 is 0 Å². The third kappa shape index (κ3) is 2.76. The van der Waals surface area contributed by atoms with Crippen LogP contribution in [0, 0.1) is 0 Å². The van der Waals surface area contributed by atoms with E-state index in [4.69, 9.17) is 5.11 Å². The molecule has 0 fully saturated rings. The Bertz CT molecular complexity index is 976. The fourth-order valence-corrected chi connectivity index (χ4v) is 2.84. The molecule has 0 saturated carbocycles. The van der Waals surface area contributed by atoms with E-state index >= 15 is 0 Å². The van der Waals surface area contributed by atoms with E-state index in [0.717, 1.165) is 23.4 Å². The molecule has 0 radical (unpaired) electrons. The Hall–Kier alpha value is -3.48. The maximum absolute atomic E-state index is 11.9. The molecular weight excluding hydrogens is 320 g/mol. The molecule has 0 saturated heterocycles. The number of carbonyl (C=O) groups is 2. The second-order valence-electron chi connectivity index (χ2n) is 5.73. The number of hydrogen-bond donors (Lipinski definition) is 3. The van der Waals surface area contributed by atoms with Crippen LogP contribution in [-0.4, -0.2) is 38.5 Å². The molecule has 0 atom stereocenters. The van der Waals surface area contributed by atoms with Crippen LogP contribution in [0.15, 0.2) is 42.6 Å². The monoisotopic (exact) mass is 334 g/mol. The van der Waals surface area contributed by atoms with Crippen LogP contribution in [0.2, 0.25) is 0 Å². The number of aromatic nitrogens is 3. The first-order chi connectivity index (χ1) is 12.1. The number of carbonyl (C=O) groups excluding carboxylic acids is 1. The lowest BCUT2D eigenvalue weighted by Crippen LogP contribution is -2.31. The molecule has 1 aliphatic heterocycles. The Morgan fingerprint density at radius 3 is 2.68 bits per heavy atom. The van der Waals surface area contributed by atoms with Crippen LogP contribution in [0.4, 0.5) is 0 Å². The van der Waals surface area contributed by atoms with E-state index in [-0.39, 0.29) is 11.5 Å². The lowest BCUT2D eigenvalue weighted by molar-refractivity contribution is 0.0696. The van der Waals surface area contributed by atoms with Gasteiger partial charge in [-0.25, -0.2) is 14.8 Å². The van der Waals surface area contributed by atoms with E-state index in [0.29, 0.717) is 23.6 Å². The Labute approximate surface area is 142 Å². The smallest absolute Gasteiger partial charge is 0.335 e. The van der Waals surface area contributed by atoms with Crippen LogP contribution in [-0.2, 0) is 6.42 Å². The van der Waals surface area contributed by atoms with E-state index < -0.39 is 5.97 Å². The van der Waals surface area contributed by atoms with Crippen molar-refractivity contribution < 1.29 is 14.7 Å². The molecule has 7 nitrogen and oxygen atoms in total. The number of benzene rings is 1. The maximum atomic E-state index is 11.9. The molecule has 1 aromatic carbocycles. The third-order valence-electron chi connectivity index (χ3n) is 4.13. The quantitative estimate of drug-likeness (QED) is 0.680. The van der Waals surface area contributed by atoms with Crippen LogP contribution < -0.4 is 5.32 Å². The van der Waals surface area contributed by atoms with E-state index in [2.05, 4.69) is 20.3 Å². The van der Waals surface area contributed by atoms with Gasteiger partial charge < -0.3 is 15.4 Å². The van der Waals surface area contributed by atoms with Gasteiger partial charge in [0.2, 0.25) is 0 Å². The number of aromatic carboxylic acids is 1. The van der Waals surface area contributed by atoms with E-state index in [1.54, 1.807) is 30.5 Å². The normalized spacial score (nSPS) is 13.2. The van der Waals surface area contributed by atoms with Gasteiger partial charge in [0, 0.05) is 30.4 Å². The van der Waals surface area contributed by atoms with Crippen LogP contribution in [0.5, 0.6) is 0 Å². The van der Waals surface area contributed by atoms with Gasteiger partial charge in [-0.15, -0.1) is 0 Å². The second-order valence-corrected chi connectivity index (χ2v) is 5.73. The number of amides is 1. The zero-order chi connectivity index (χ0) is 17.4. The van der Waals surface area contributed by atoms with Crippen molar-refractivity contribution in [1.29, 1.82) is 0 Å². The van der Waals surface area contributed by atoms with Gasteiger partial charge >= 0.3 is 5.97 Å². The van der Waals surface area contributed by atoms with Crippen molar-refractivity contribution in [2.45, 2.75) is 6.42 Å². The SMILES string of the molecule is O=C(O)c1ccc(-c2nccc(-c3cc4c([nH]3)CCNC4=O)n2)cc1. The van der Waals surface area contributed by atoms with Crippen molar-refractivity contribution in [2.75, 3.05) is 6.54 Å². The average Bonchev–Trinajstić information content (AvgIpc) is 3.08. The molecule has 0 bridgehead atoms. The number of H-pyrrole nitrogens is 1. The molecule has 2 aromatic heterocycles. The van der Waals surface area contributed by atoms with Crippen LogP contribution in [0.1, 0.15) is 26.4 Å². The highest BCUT2D eigenvalue weighted by atomic mass is 16.4. The Kier molecular flexibility index (Phi) is 3.53. The summed E-state index contributed by atoms with van der Waals surface area (Å²) < 4.78 is 0. The Morgan fingerprint density at radius 2 is 1.96 bits per heavy atom. The number of nitrogens with zero attached hydrogens (tertiary/aromatic N) is 2. The summed E-state index contributed by atoms with van der Waals surface area (Å²) in [5.74, 6) is -0.565. The van der Waals surface area contributed by atoms with Gasteiger partial charge in [0.1, 0.15) is 0 Å². The summed E-state index contributed by atoms with van der Waals surface area (Å²) in [4.78, 5) is 34.9. The molecule has 0 aliphatic carbocycles. The lowest BCUT2D eigenvalue weighted by atomic mass is 10.1. The molecule has 7 heteroatoms. The summed E-state index contributed by atoms with van der Waals surface area (Å²) in [7, 11) is 0. The minimum atomic E-state index is -0.975. The Morgan fingerprint density at radius 1 is 1.16 bits per heavy atom. The van der Waals surface area contributed by atoms with Crippen molar-refractivity contribution >= 4 is 11.9 Å². The molecule has 4 rings (SSSR count). The van der Waals surface area contributed by atoms with Crippen molar-refractivity contribution in [3.63, 3.8) is 0 Å². The van der Waals surface area contributed by atoms with Crippen LogP contribution in [0.25, 0.3) is 22.8 Å². The van der Waals surface area contributed by atoms with Gasteiger partial charge in [0.05, 0.1) is 22.5 Å². The van der Waals surface area contributed by atoms with E-state index in [1.807, 2.05) is 0 Å². The fraction of sp³-hybridized carbons (Fsp3) is 0.111. The van der Waals surface area contributed by atoms with Gasteiger partial charge in [-0.3, -0.25) is 4.79 Å². The summed E-state index contributed by atoms with van der Waals surface area (Å²) in [6.07, 6.45) is 2.40. The highest BCUT2D eigenvalue weighted by molar-refractivity contribution is 5.97. The Balaban J connectivity index is 1.70. The van der Waals surface area contributed by atoms with Crippen molar-refractivity contribution in [3.8, 4) is 22.8 Å². The van der Waals surface area contributed by atoms with Gasteiger partial charge in [0.25, 0.3) is 5.91 Å². The van der Waals surface area contributed by atoms with Gasteiger partial charge in [-0.1, -0.05) is 12.1 Å². The van der Waals surface area contributed by atoms with Gasteiger partial charge in [-0.05, 0) is 24.3 Å². The van der Waals surface area contributed by atoms with Gasteiger partial charge in [-0.2, -0.15) is 0 Å². The molecule has 3 N–H and O–H groups in total. The summed E-state index contributed by atoms with van der Waals surface area (Å²) in [5, 5.41) is 11.8. The first kappa shape index (κ1) is 15.1. The summed E-state index contributed by atoms with van der Waals surface area (Å²) >= 11 is 0. The molecule has 3 heterocycles. The summed E-state index contributed by atoms with van der Waals surface area (Å²) in [6.45, 7) is 0.622. The number of aromatic amines is 1. The number of nitrogens with one attached hydrogen (secondary N) is 2. The van der Waals surface area contributed by atoms with Crippen molar-refractivity contribution in [3.05, 3.63) is 59.4 Å². The minimum absolute atomic E-state index is 0.0812. The predicted molar refractivity (Wildman–Crippen MR) is 90.3 cm³/mol. The molecule has 124 valence electrons. The fourth-order valence-electron chi connectivity index (χ4n) is 2.84. The zero-order valence-electron chi connectivity index (χ0n) is 13.1. The number of rotatable bonds is 3. The molecule has 1 aliphatic rings. The number of carboxylic acids is 1. The third-order valence-corrected chi connectivity index (χ3v) is 4.13. The highest BCUT2D eigenvalue weighted by Crippen LogP contribution is 2.24. The maximum Gasteiger partial charge on any atom is 0.335 e. The van der Waals surface area contributed by atoms with Crippen LogP contribution in [0.3, 0.4) is 0 Å². The first-order valence-corrected chi connectivity index (χ1v) is 7.79. The molecule has 0 unspecified atom stereocenters. The van der Waals surface area contributed by atoms with Crippen molar-refractivity contribution in [1.82, 2.24) is 20.3 Å². The summed E-state index contributed by atoms with van der Waals surface area (Å²) in [5.41, 5.74) is 3.92. The predicted octanol–water partition coefficient (Wildman–Crippen LogP) is 2.12. The molecular formula is C18H14N4O3. The molecule has 3 aromatic rings. The minimum Gasteiger partial charge on any atom is -0.478 e. The zero-order valence-corrected chi connectivity index (χ0v) is 13.1. The molecule has 1 amide bonds. The second kappa shape index (κ2) is 5.86. The van der Waals surface area contributed by atoms with E-state index in [9.17, 15) is 9.59 Å². The number of fused-ring (bicyclic) bond motifs is 1. The standard InChI is InChI=1S/C18H14N4O3/c23-17-12-9-15(21-13(12)5-8-20-17)14-6-7-19-16(22-14)10-1-3-11(4-2-10)18(24)25/h1-4,6-7,9,21H,5,8H2,(H,20,23)(H,24,25). The van der Waals surface area contributed by atoms with E-state index in [1.165, 1.54) is 12.1 Å². The first-order valence-electron chi connectivity index (χ1n) is 7.79. The highest BCUT2D eigenvalue weighted by Gasteiger charge is 2.20. The average molecular weight is 334 g/mol. The summed E-state index contributed by atoms with van der Waals surface area (Å²) in [6, 6.07) is 9.95. The largest absolute Gasteiger partial charge is 0.478 e. The van der Waals surface area contributed by atoms with Crippen molar-refractivity contribution in [2.24, 2.45) is 0 Å². The van der Waals surface area contributed by atoms with Gasteiger partial charge in [0.15, 0.2) is 5.82 Å².